The highest BCUT2D eigenvalue weighted by atomic mass is 19.4. The lowest BCUT2D eigenvalue weighted by atomic mass is 9.77. The highest BCUT2D eigenvalue weighted by Gasteiger charge is 2.34. The van der Waals surface area contributed by atoms with Crippen LogP contribution in [0.3, 0.4) is 0 Å². The average molecular weight is 289 g/mol. The smallest absolute Gasteiger partial charge is 0.416 e. The van der Waals surface area contributed by atoms with Crippen LogP contribution in [-0.4, -0.2) is 18.3 Å². The van der Waals surface area contributed by atoms with Crippen LogP contribution in [0.5, 0.6) is 5.75 Å². The third kappa shape index (κ3) is 2.91. The SMILES string of the molecule is COc1cc(C(F)(F)F)ccc1[C@H](N)[C@H](O)C1CCC1. The van der Waals surface area contributed by atoms with E-state index in [1.807, 2.05) is 0 Å². The van der Waals surface area contributed by atoms with Crippen LogP contribution >= 0.6 is 0 Å². The number of aliphatic hydroxyl groups is 1. The number of benzene rings is 1. The lowest BCUT2D eigenvalue weighted by molar-refractivity contribution is -0.137. The third-order valence-corrected chi connectivity index (χ3v) is 3.92. The number of methoxy groups -OCH3 is 1. The van der Waals surface area contributed by atoms with E-state index < -0.39 is 23.9 Å². The fourth-order valence-corrected chi connectivity index (χ4v) is 2.42. The van der Waals surface area contributed by atoms with Crippen LogP contribution in [0.2, 0.25) is 0 Å². The summed E-state index contributed by atoms with van der Waals surface area (Å²) in [5.74, 6) is 0.183. The summed E-state index contributed by atoms with van der Waals surface area (Å²) in [6.07, 6.45) is -2.33. The van der Waals surface area contributed by atoms with Crippen molar-refractivity contribution in [1.82, 2.24) is 0 Å². The van der Waals surface area contributed by atoms with E-state index in [0.717, 1.165) is 31.4 Å². The van der Waals surface area contributed by atoms with Crippen molar-refractivity contribution >= 4 is 0 Å². The zero-order valence-corrected chi connectivity index (χ0v) is 11.2. The Morgan fingerprint density at radius 2 is 2.00 bits per heavy atom. The van der Waals surface area contributed by atoms with E-state index >= 15 is 0 Å². The first-order valence-corrected chi connectivity index (χ1v) is 6.53. The van der Waals surface area contributed by atoms with E-state index in [1.165, 1.54) is 13.2 Å². The molecule has 20 heavy (non-hydrogen) atoms. The molecule has 0 bridgehead atoms. The lowest BCUT2D eigenvalue weighted by Gasteiger charge is -2.34. The summed E-state index contributed by atoms with van der Waals surface area (Å²) in [7, 11) is 1.29. The van der Waals surface area contributed by atoms with Crippen LogP contribution < -0.4 is 10.5 Å². The molecule has 0 unspecified atom stereocenters. The van der Waals surface area contributed by atoms with E-state index in [-0.39, 0.29) is 11.7 Å². The molecule has 1 saturated carbocycles. The van der Waals surface area contributed by atoms with Crippen molar-refractivity contribution in [3.63, 3.8) is 0 Å². The molecule has 1 aromatic carbocycles. The van der Waals surface area contributed by atoms with Gasteiger partial charge in [0.05, 0.1) is 24.8 Å². The predicted octanol–water partition coefficient (Wildman–Crippen LogP) is 2.87. The first kappa shape index (κ1) is 15.1. The minimum absolute atomic E-state index is 0.0608. The quantitative estimate of drug-likeness (QED) is 0.896. The Kier molecular flexibility index (Phi) is 4.25. The van der Waals surface area contributed by atoms with Crippen LogP contribution in [0.4, 0.5) is 13.2 Å². The maximum atomic E-state index is 12.7. The fraction of sp³-hybridized carbons (Fsp3) is 0.571. The molecule has 3 nitrogen and oxygen atoms in total. The second kappa shape index (κ2) is 5.61. The molecule has 1 aliphatic carbocycles. The number of aliphatic hydroxyl groups excluding tert-OH is 1. The number of nitrogens with two attached hydrogens (primary N) is 1. The molecule has 2 rings (SSSR count). The number of hydrogen-bond acceptors (Lipinski definition) is 3. The molecular weight excluding hydrogens is 271 g/mol. The molecule has 0 amide bonds. The van der Waals surface area contributed by atoms with Crippen LogP contribution in [0.15, 0.2) is 18.2 Å². The molecule has 1 fully saturated rings. The molecule has 0 aromatic heterocycles. The summed E-state index contributed by atoms with van der Waals surface area (Å²) in [5, 5.41) is 10.1. The average Bonchev–Trinajstić information content (AvgIpc) is 2.33. The number of halogens is 3. The summed E-state index contributed by atoms with van der Waals surface area (Å²) in [5.41, 5.74) is 5.59. The van der Waals surface area contributed by atoms with E-state index in [9.17, 15) is 18.3 Å². The maximum Gasteiger partial charge on any atom is 0.416 e. The number of ether oxygens (including phenoxy) is 1. The molecule has 0 spiro atoms. The molecule has 0 aliphatic heterocycles. The van der Waals surface area contributed by atoms with Gasteiger partial charge in [0.15, 0.2) is 0 Å². The van der Waals surface area contributed by atoms with Crippen molar-refractivity contribution in [1.29, 1.82) is 0 Å². The Bertz CT molecular complexity index is 472. The Balaban J connectivity index is 2.26. The van der Waals surface area contributed by atoms with Gasteiger partial charge in [-0.15, -0.1) is 0 Å². The van der Waals surface area contributed by atoms with Gasteiger partial charge in [-0.3, -0.25) is 0 Å². The van der Waals surface area contributed by atoms with Gasteiger partial charge in [0.25, 0.3) is 0 Å². The number of alkyl halides is 3. The summed E-state index contributed by atoms with van der Waals surface area (Å²) in [4.78, 5) is 0. The standard InChI is InChI=1S/C14H18F3NO2/c1-20-11-7-9(14(15,16)17)5-6-10(11)12(18)13(19)8-3-2-4-8/h5-8,12-13,19H,2-4,18H2,1H3/t12-,13+/m0/s1. The number of rotatable bonds is 4. The Morgan fingerprint density at radius 3 is 2.45 bits per heavy atom. The molecule has 6 heteroatoms. The van der Waals surface area contributed by atoms with E-state index in [1.54, 1.807) is 0 Å². The van der Waals surface area contributed by atoms with Gasteiger partial charge in [0.2, 0.25) is 0 Å². The second-order valence-electron chi connectivity index (χ2n) is 5.16. The molecule has 112 valence electrons. The molecule has 0 radical (unpaired) electrons. The Hall–Kier alpha value is -1.27. The first-order chi connectivity index (χ1) is 9.34. The van der Waals surface area contributed by atoms with E-state index in [4.69, 9.17) is 10.5 Å². The van der Waals surface area contributed by atoms with Crippen molar-refractivity contribution in [2.45, 2.75) is 37.6 Å². The predicted molar refractivity (Wildman–Crippen MR) is 68.3 cm³/mol. The normalized spacial score (nSPS) is 19.3. The fourth-order valence-electron chi connectivity index (χ4n) is 2.42. The van der Waals surface area contributed by atoms with Gasteiger partial charge in [-0.2, -0.15) is 13.2 Å². The summed E-state index contributed by atoms with van der Waals surface area (Å²) >= 11 is 0. The summed E-state index contributed by atoms with van der Waals surface area (Å²) in [6.45, 7) is 0. The van der Waals surface area contributed by atoms with Crippen LogP contribution in [0, 0.1) is 5.92 Å². The second-order valence-corrected chi connectivity index (χ2v) is 5.16. The van der Waals surface area contributed by atoms with Crippen LogP contribution in [0.25, 0.3) is 0 Å². The van der Waals surface area contributed by atoms with Gasteiger partial charge in [-0.1, -0.05) is 12.5 Å². The Labute approximate surface area is 115 Å². The van der Waals surface area contributed by atoms with Gasteiger partial charge in [-0.25, -0.2) is 0 Å². The number of hydrogen-bond donors (Lipinski definition) is 2. The lowest BCUT2D eigenvalue weighted by Crippen LogP contribution is -2.36. The molecule has 1 aromatic rings. The van der Waals surface area contributed by atoms with Gasteiger partial charge < -0.3 is 15.6 Å². The van der Waals surface area contributed by atoms with Gasteiger partial charge in [0.1, 0.15) is 5.75 Å². The molecule has 3 N–H and O–H groups in total. The summed E-state index contributed by atoms with van der Waals surface area (Å²) < 4.78 is 42.9. The molecular formula is C14H18F3NO2. The Morgan fingerprint density at radius 1 is 1.35 bits per heavy atom. The zero-order valence-electron chi connectivity index (χ0n) is 11.2. The minimum Gasteiger partial charge on any atom is -0.496 e. The van der Waals surface area contributed by atoms with Gasteiger partial charge in [0, 0.05) is 5.56 Å². The summed E-state index contributed by atoms with van der Waals surface area (Å²) in [6, 6.07) is 2.43. The van der Waals surface area contributed by atoms with E-state index in [0.29, 0.717) is 5.56 Å². The largest absolute Gasteiger partial charge is 0.496 e. The third-order valence-electron chi connectivity index (χ3n) is 3.92. The zero-order chi connectivity index (χ0) is 14.9. The molecule has 0 heterocycles. The first-order valence-electron chi connectivity index (χ1n) is 6.53. The topological polar surface area (TPSA) is 55.5 Å². The molecule has 2 atom stereocenters. The highest BCUT2D eigenvalue weighted by molar-refractivity contribution is 5.41. The van der Waals surface area contributed by atoms with E-state index in [2.05, 4.69) is 0 Å². The molecule has 1 aliphatic rings. The van der Waals surface area contributed by atoms with Crippen molar-refractivity contribution in [2.75, 3.05) is 7.11 Å². The monoisotopic (exact) mass is 289 g/mol. The van der Waals surface area contributed by atoms with Crippen molar-refractivity contribution in [3.8, 4) is 5.75 Å². The molecule has 0 saturated heterocycles. The van der Waals surface area contributed by atoms with Crippen molar-refractivity contribution < 1.29 is 23.0 Å². The van der Waals surface area contributed by atoms with Crippen molar-refractivity contribution in [2.24, 2.45) is 11.7 Å². The van der Waals surface area contributed by atoms with Gasteiger partial charge >= 0.3 is 6.18 Å². The van der Waals surface area contributed by atoms with Gasteiger partial charge in [-0.05, 0) is 30.9 Å². The maximum absolute atomic E-state index is 12.7. The minimum atomic E-state index is -4.43. The van der Waals surface area contributed by atoms with Crippen LogP contribution in [0.1, 0.15) is 36.4 Å². The van der Waals surface area contributed by atoms with Crippen LogP contribution in [-0.2, 0) is 6.18 Å². The van der Waals surface area contributed by atoms with Crippen molar-refractivity contribution in [3.05, 3.63) is 29.3 Å². The highest BCUT2D eigenvalue weighted by Crippen LogP contribution is 2.39.